The van der Waals surface area contributed by atoms with Gasteiger partial charge in [-0.3, -0.25) is 9.59 Å². The zero-order chi connectivity index (χ0) is 22.8. The average Bonchev–Trinajstić information content (AvgIpc) is 3.41. The summed E-state index contributed by atoms with van der Waals surface area (Å²) in [5.41, 5.74) is 1.01. The van der Waals surface area contributed by atoms with Gasteiger partial charge in [-0.2, -0.15) is 0 Å². The van der Waals surface area contributed by atoms with Crippen LogP contribution in [0, 0.1) is 0 Å². The van der Waals surface area contributed by atoms with E-state index >= 15 is 0 Å². The van der Waals surface area contributed by atoms with Crippen molar-refractivity contribution < 1.29 is 28.6 Å². The van der Waals surface area contributed by atoms with Crippen molar-refractivity contribution in [3.8, 4) is 11.5 Å². The fourth-order valence-electron chi connectivity index (χ4n) is 3.75. The SMILES string of the molecule is COc1ccc(C2C(=C(O)c3ccc(Br)cc3)C(=O)C(=O)N2Cc2ccco2)cc1OC. The monoisotopic (exact) mass is 497 g/mol. The first-order valence-electron chi connectivity index (χ1n) is 9.73. The number of methoxy groups -OCH3 is 2. The number of ketones is 1. The Bertz CT molecular complexity index is 1180. The minimum Gasteiger partial charge on any atom is -0.507 e. The first kappa shape index (κ1) is 21.7. The highest BCUT2D eigenvalue weighted by Gasteiger charge is 2.46. The van der Waals surface area contributed by atoms with E-state index in [-0.39, 0.29) is 17.9 Å². The lowest BCUT2D eigenvalue weighted by atomic mass is 9.95. The lowest BCUT2D eigenvalue weighted by Crippen LogP contribution is -2.29. The van der Waals surface area contributed by atoms with Crippen molar-refractivity contribution in [3.05, 3.63) is 87.8 Å². The molecule has 1 aliphatic heterocycles. The molecule has 1 atom stereocenters. The zero-order valence-electron chi connectivity index (χ0n) is 17.4. The molecule has 3 aromatic rings. The number of nitrogens with zero attached hydrogens (tertiary/aromatic N) is 1. The maximum absolute atomic E-state index is 13.1. The van der Waals surface area contributed by atoms with E-state index in [9.17, 15) is 14.7 Å². The minimum atomic E-state index is -0.844. The molecule has 2 aromatic carbocycles. The van der Waals surface area contributed by atoms with Gasteiger partial charge in [-0.25, -0.2) is 0 Å². The Hall–Kier alpha value is -3.52. The van der Waals surface area contributed by atoms with Gasteiger partial charge in [-0.05, 0) is 42.0 Å². The van der Waals surface area contributed by atoms with Gasteiger partial charge in [0.15, 0.2) is 11.5 Å². The van der Waals surface area contributed by atoms with Gasteiger partial charge in [-0.15, -0.1) is 0 Å². The molecule has 8 heteroatoms. The molecule has 4 rings (SSSR count). The summed E-state index contributed by atoms with van der Waals surface area (Å²) in [5.74, 6) is -0.278. The van der Waals surface area contributed by atoms with Gasteiger partial charge in [0, 0.05) is 10.0 Å². The van der Waals surface area contributed by atoms with Crippen LogP contribution < -0.4 is 9.47 Å². The van der Waals surface area contributed by atoms with Gasteiger partial charge in [-0.1, -0.05) is 34.1 Å². The first-order valence-corrected chi connectivity index (χ1v) is 10.5. The fraction of sp³-hybridized carbons (Fsp3) is 0.167. The first-order chi connectivity index (χ1) is 15.4. The summed E-state index contributed by atoms with van der Waals surface area (Å²) >= 11 is 3.36. The van der Waals surface area contributed by atoms with E-state index in [0.29, 0.717) is 28.4 Å². The molecule has 1 N–H and O–H groups in total. The van der Waals surface area contributed by atoms with E-state index in [2.05, 4.69) is 15.9 Å². The van der Waals surface area contributed by atoms with Crippen LogP contribution >= 0.6 is 15.9 Å². The second-order valence-corrected chi connectivity index (χ2v) is 8.04. The summed E-state index contributed by atoms with van der Waals surface area (Å²) in [6.07, 6.45) is 1.50. The van der Waals surface area contributed by atoms with E-state index in [1.165, 1.54) is 25.4 Å². The second kappa shape index (κ2) is 8.92. The maximum atomic E-state index is 13.1. The van der Waals surface area contributed by atoms with Crippen molar-refractivity contribution in [2.45, 2.75) is 12.6 Å². The Labute approximate surface area is 193 Å². The van der Waals surface area contributed by atoms with Crippen molar-refractivity contribution in [1.82, 2.24) is 4.90 Å². The number of aliphatic hydroxyl groups is 1. The van der Waals surface area contributed by atoms with Gasteiger partial charge >= 0.3 is 0 Å². The fourth-order valence-corrected chi connectivity index (χ4v) is 4.01. The minimum absolute atomic E-state index is 0.00361. The molecule has 0 bridgehead atoms. The Morgan fingerprint density at radius 1 is 1.06 bits per heavy atom. The summed E-state index contributed by atoms with van der Waals surface area (Å²) in [4.78, 5) is 27.5. The quantitative estimate of drug-likeness (QED) is 0.302. The van der Waals surface area contributed by atoms with Crippen molar-refractivity contribution >= 4 is 33.4 Å². The largest absolute Gasteiger partial charge is 0.507 e. The number of halogens is 1. The van der Waals surface area contributed by atoms with E-state index in [0.717, 1.165) is 4.47 Å². The molecule has 1 amide bonds. The average molecular weight is 498 g/mol. The third-order valence-electron chi connectivity index (χ3n) is 5.29. The molecular formula is C24H20BrNO6. The summed E-state index contributed by atoms with van der Waals surface area (Å²) in [5, 5.41) is 11.1. The number of amides is 1. The molecular weight excluding hydrogens is 478 g/mol. The van der Waals surface area contributed by atoms with E-state index in [4.69, 9.17) is 13.9 Å². The molecule has 0 saturated carbocycles. The lowest BCUT2D eigenvalue weighted by Gasteiger charge is -2.25. The van der Waals surface area contributed by atoms with Crippen LogP contribution in [0.3, 0.4) is 0 Å². The van der Waals surface area contributed by atoms with Crippen LogP contribution in [0.5, 0.6) is 11.5 Å². The van der Waals surface area contributed by atoms with Crippen LogP contribution in [0.1, 0.15) is 22.9 Å². The molecule has 1 aliphatic rings. The molecule has 1 saturated heterocycles. The number of benzene rings is 2. The number of carbonyl (C=O) groups excluding carboxylic acids is 2. The summed E-state index contributed by atoms with van der Waals surface area (Å²) in [6.45, 7) is 0.0632. The zero-order valence-corrected chi connectivity index (χ0v) is 19.0. The Morgan fingerprint density at radius 2 is 1.78 bits per heavy atom. The van der Waals surface area contributed by atoms with Crippen LogP contribution in [0.15, 0.2) is 75.3 Å². The number of hydrogen-bond donors (Lipinski definition) is 1. The number of aliphatic hydroxyl groups excluding tert-OH is 1. The van der Waals surface area contributed by atoms with Crippen molar-refractivity contribution in [2.24, 2.45) is 0 Å². The summed E-state index contributed by atoms with van der Waals surface area (Å²) in [6, 6.07) is 14.6. The van der Waals surface area contributed by atoms with Crippen molar-refractivity contribution in [1.29, 1.82) is 0 Å². The topological polar surface area (TPSA) is 89.2 Å². The number of carbonyl (C=O) groups is 2. The molecule has 0 radical (unpaired) electrons. The molecule has 32 heavy (non-hydrogen) atoms. The third kappa shape index (κ3) is 3.89. The van der Waals surface area contributed by atoms with Crippen molar-refractivity contribution in [2.75, 3.05) is 14.2 Å². The standard InChI is InChI=1S/C24H20BrNO6/c1-30-18-10-7-15(12-19(18)31-2)21-20(22(27)14-5-8-16(25)9-6-14)23(28)24(29)26(21)13-17-4-3-11-32-17/h3-12,21,27H,13H2,1-2H3. The predicted octanol–water partition coefficient (Wildman–Crippen LogP) is 4.68. The highest BCUT2D eigenvalue weighted by molar-refractivity contribution is 9.10. The maximum Gasteiger partial charge on any atom is 0.296 e. The van der Waals surface area contributed by atoms with Crippen LogP contribution in [0.4, 0.5) is 0 Å². The number of hydrogen-bond acceptors (Lipinski definition) is 6. The third-order valence-corrected chi connectivity index (χ3v) is 5.82. The van der Waals surface area contributed by atoms with Crippen molar-refractivity contribution in [3.63, 3.8) is 0 Å². The predicted molar refractivity (Wildman–Crippen MR) is 120 cm³/mol. The molecule has 1 unspecified atom stereocenters. The molecule has 2 heterocycles. The molecule has 0 aliphatic carbocycles. The van der Waals surface area contributed by atoms with E-state index in [1.54, 1.807) is 54.6 Å². The Morgan fingerprint density at radius 3 is 2.41 bits per heavy atom. The van der Waals surface area contributed by atoms with E-state index in [1.807, 2.05) is 0 Å². The van der Waals surface area contributed by atoms with Gasteiger partial charge < -0.3 is 23.9 Å². The Kier molecular flexibility index (Phi) is 6.05. The summed E-state index contributed by atoms with van der Waals surface area (Å²) < 4.78 is 16.9. The highest BCUT2D eigenvalue weighted by Crippen LogP contribution is 2.42. The summed E-state index contributed by atoms with van der Waals surface area (Å²) in [7, 11) is 3.03. The Balaban J connectivity index is 1.89. The van der Waals surface area contributed by atoms with Crippen LogP contribution in [-0.4, -0.2) is 35.9 Å². The lowest BCUT2D eigenvalue weighted by molar-refractivity contribution is -0.140. The van der Waals surface area contributed by atoms with Crippen LogP contribution in [-0.2, 0) is 16.1 Å². The van der Waals surface area contributed by atoms with Gasteiger partial charge in [0.25, 0.3) is 11.7 Å². The van der Waals surface area contributed by atoms with Crippen LogP contribution in [0.25, 0.3) is 5.76 Å². The number of furan rings is 1. The smallest absolute Gasteiger partial charge is 0.296 e. The highest BCUT2D eigenvalue weighted by atomic mass is 79.9. The molecule has 1 aromatic heterocycles. The number of Topliss-reactive ketones (excluding diaryl/α,β-unsaturated/α-hetero) is 1. The van der Waals surface area contributed by atoms with Gasteiger partial charge in [0.05, 0.1) is 38.6 Å². The molecule has 1 fully saturated rings. The molecule has 7 nitrogen and oxygen atoms in total. The van der Waals surface area contributed by atoms with Gasteiger partial charge in [0.2, 0.25) is 0 Å². The van der Waals surface area contributed by atoms with Gasteiger partial charge in [0.1, 0.15) is 11.5 Å². The normalized spacial score (nSPS) is 17.6. The number of likely N-dealkylation sites (tertiary alicyclic amines) is 1. The molecule has 164 valence electrons. The molecule has 0 spiro atoms. The van der Waals surface area contributed by atoms with Crippen LogP contribution in [0.2, 0.25) is 0 Å². The number of rotatable bonds is 6. The second-order valence-electron chi connectivity index (χ2n) is 7.13. The van der Waals surface area contributed by atoms with E-state index < -0.39 is 17.7 Å². The number of ether oxygens (including phenoxy) is 2.